The van der Waals surface area contributed by atoms with Crippen LogP contribution in [0.15, 0.2) is 206 Å². The van der Waals surface area contributed by atoms with E-state index >= 15 is 0 Å². The zero-order valence-electron chi connectivity index (χ0n) is 35.9. The van der Waals surface area contributed by atoms with Crippen molar-refractivity contribution in [2.24, 2.45) is 0 Å². The molecule has 0 amide bonds. The van der Waals surface area contributed by atoms with Crippen molar-refractivity contribution in [3.05, 3.63) is 217 Å². The number of thiophene rings is 1. The van der Waals surface area contributed by atoms with Crippen molar-refractivity contribution < 1.29 is 0 Å². The molecule has 0 saturated carbocycles. The Morgan fingerprint density at radius 1 is 0.400 bits per heavy atom. The van der Waals surface area contributed by atoms with E-state index in [1.807, 2.05) is 11.3 Å². The van der Waals surface area contributed by atoms with E-state index in [1.165, 1.54) is 108 Å². The van der Waals surface area contributed by atoms with E-state index in [4.69, 9.17) is 4.98 Å². The van der Waals surface area contributed by atoms with Gasteiger partial charge in [-0.25, -0.2) is 4.98 Å². The minimum absolute atomic E-state index is 0.0237. The SMILES string of the molecule is CC1(C)c2ccccc2-c2ccc(-c3ccc(-c4ccc(-c5ccc(-c6cc7c8ccccc8sc7c7nc8cc9cc%10ccccc%10cc9cc8n67)cc5)c5ccccc45)cc3)cc21. The Morgan fingerprint density at radius 2 is 0.954 bits per heavy atom. The maximum atomic E-state index is 5.41. The summed E-state index contributed by atoms with van der Waals surface area (Å²) < 4.78 is 4.90. The van der Waals surface area contributed by atoms with Gasteiger partial charge in [0.25, 0.3) is 0 Å². The molecule has 0 N–H and O–H groups in total. The summed E-state index contributed by atoms with van der Waals surface area (Å²) in [6.45, 7) is 4.70. The highest BCUT2D eigenvalue weighted by Gasteiger charge is 2.35. The van der Waals surface area contributed by atoms with Crippen LogP contribution in [0.25, 0.3) is 125 Å². The van der Waals surface area contributed by atoms with Crippen molar-refractivity contribution in [1.29, 1.82) is 0 Å². The average molecular weight is 845 g/mol. The van der Waals surface area contributed by atoms with Crippen LogP contribution >= 0.6 is 11.3 Å². The molecule has 14 rings (SSSR count). The number of hydrogen-bond acceptors (Lipinski definition) is 2. The minimum atomic E-state index is -0.0237. The highest BCUT2D eigenvalue weighted by Crippen LogP contribution is 2.50. The van der Waals surface area contributed by atoms with Crippen molar-refractivity contribution in [2.45, 2.75) is 19.3 Å². The molecule has 0 fully saturated rings. The van der Waals surface area contributed by atoms with Gasteiger partial charge >= 0.3 is 0 Å². The van der Waals surface area contributed by atoms with E-state index in [1.54, 1.807) is 0 Å². The predicted molar refractivity (Wildman–Crippen MR) is 277 cm³/mol. The Labute approximate surface area is 380 Å². The van der Waals surface area contributed by atoms with Crippen LogP contribution in [0, 0.1) is 0 Å². The third-order valence-electron chi connectivity index (χ3n) is 14.4. The smallest absolute Gasteiger partial charge is 0.156 e. The van der Waals surface area contributed by atoms with Gasteiger partial charge in [0, 0.05) is 20.9 Å². The van der Waals surface area contributed by atoms with Gasteiger partial charge in [0.05, 0.1) is 21.4 Å². The Kier molecular flexibility index (Phi) is 7.65. The number of benzene rings is 10. The number of imidazole rings is 1. The molecule has 3 aromatic heterocycles. The van der Waals surface area contributed by atoms with Crippen LogP contribution in [-0.4, -0.2) is 9.38 Å². The molecule has 0 aliphatic heterocycles. The van der Waals surface area contributed by atoms with Crippen LogP contribution in [0.4, 0.5) is 0 Å². The molecule has 0 atom stereocenters. The number of fused-ring (bicyclic) bond motifs is 13. The Balaban J connectivity index is 0.854. The second kappa shape index (κ2) is 13.6. The van der Waals surface area contributed by atoms with Gasteiger partial charge in [-0.15, -0.1) is 11.3 Å². The topological polar surface area (TPSA) is 17.3 Å². The number of aromatic nitrogens is 2. The van der Waals surface area contributed by atoms with Gasteiger partial charge in [-0.3, -0.25) is 4.40 Å². The number of nitrogens with zero attached hydrogens (tertiary/aromatic N) is 2. The molecular formula is C62H40N2S. The van der Waals surface area contributed by atoms with Crippen molar-refractivity contribution in [3.63, 3.8) is 0 Å². The molecule has 2 nitrogen and oxygen atoms in total. The standard InChI is InChI=1S/C62H40N2S/c1-62(2)54-17-9-7-15-50(54)51-28-27-43(33-55(51)62)37-19-21-38(22-20-37)46-29-30-47(49-14-6-5-13-48(46)49)39-23-25-40(26-24-39)57-36-53-52-16-8-10-18-59(52)65-60(53)61-63-56-34-44-31-41-11-3-4-12-42(41)32-45(44)35-58(56)64(57)61/h3-36H,1-2H3. The van der Waals surface area contributed by atoms with Crippen molar-refractivity contribution in [2.75, 3.05) is 0 Å². The first-order valence-corrected chi connectivity index (χ1v) is 23.3. The molecule has 0 bridgehead atoms. The normalized spacial score (nSPS) is 13.2. The van der Waals surface area contributed by atoms with Crippen LogP contribution in [0.3, 0.4) is 0 Å². The summed E-state index contributed by atoms with van der Waals surface area (Å²) >= 11 is 1.83. The van der Waals surface area contributed by atoms with Crippen LogP contribution in [0.2, 0.25) is 0 Å². The summed E-state index contributed by atoms with van der Waals surface area (Å²) in [6.07, 6.45) is 0. The monoisotopic (exact) mass is 844 g/mol. The number of pyridine rings is 1. The van der Waals surface area contributed by atoms with Crippen molar-refractivity contribution in [3.8, 4) is 55.8 Å². The highest BCUT2D eigenvalue weighted by atomic mass is 32.1. The Bertz CT molecular complexity index is 4130. The summed E-state index contributed by atoms with van der Waals surface area (Å²) in [4.78, 5) is 5.41. The van der Waals surface area contributed by atoms with Crippen LogP contribution < -0.4 is 0 Å². The molecule has 1 aliphatic carbocycles. The fourth-order valence-corrected chi connectivity index (χ4v) is 12.2. The maximum absolute atomic E-state index is 5.41. The molecule has 0 radical (unpaired) electrons. The highest BCUT2D eigenvalue weighted by molar-refractivity contribution is 7.26. The number of hydrogen-bond donors (Lipinski definition) is 0. The first kappa shape index (κ1) is 36.6. The van der Waals surface area contributed by atoms with Gasteiger partial charge in [0.2, 0.25) is 0 Å². The predicted octanol–water partition coefficient (Wildman–Crippen LogP) is 17.3. The fourth-order valence-electron chi connectivity index (χ4n) is 11.0. The molecule has 0 unspecified atom stereocenters. The molecule has 1 aliphatic rings. The largest absolute Gasteiger partial charge is 0.291 e. The van der Waals surface area contributed by atoms with Gasteiger partial charge in [0.15, 0.2) is 5.65 Å². The molecule has 13 aromatic rings. The van der Waals surface area contributed by atoms with E-state index in [2.05, 4.69) is 225 Å². The third-order valence-corrected chi connectivity index (χ3v) is 15.5. The Hall–Kier alpha value is -7.85. The van der Waals surface area contributed by atoms with Gasteiger partial charge in [-0.05, 0) is 136 Å². The maximum Gasteiger partial charge on any atom is 0.156 e. The zero-order valence-corrected chi connectivity index (χ0v) is 36.7. The first-order valence-electron chi connectivity index (χ1n) is 22.5. The van der Waals surface area contributed by atoms with Crippen LogP contribution in [-0.2, 0) is 5.41 Å². The molecule has 0 saturated heterocycles. The molecule has 65 heavy (non-hydrogen) atoms. The first-order chi connectivity index (χ1) is 31.9. The van der Waals surface area contributed by atoms with E-state index < -0.39 is 0 Å². The van der Waals surface area contributed by atoms with Crippen LogP contribution in [0.1, 0.15) is 25.0 Å². The van der Waals surface area contributed by atoms with Gasteiger partial charge in [-0.2, -0.15) is 0 Å². The molecule has 3 heteroatoms. The second-order valence-corrected chi connectivity index (χ2v) is 19.4. The molecule has 10 aromatic carbocycles. The van der Waals surface area contributed by atoms with Crippen molar-refractivity contribution >= 4 is 80.5 Å². The lowest BCUT2D eigenvalue weighted by Crippen LogP contribution is -2.14. The summed E-state index contributed by atoms with van der Waals surface area (Å²) in [7, 11) is 0. The fraction of sp³-hybridized carbons (Fsp3) is 0.0484. The average Bonchev–Trinajstić information content (AvgIpc) is 3.99. The minimum Gasteiger partial charge on any atom is -0.291 e. The molecule has 304 valence electrons. The Morgan fingerprint density at radius 3 is 1.68 bits per heavy atom. The van der Waals surface area contributed by atoms with Crippen LogP contribution in [0.5, 0.6) is 0 Å². The van der Waals surface area contributed by atoms with E-state index in [-0.39, 0.29) is 5.41 Å². The van der Waals surface area contributed by atoms with Gasteiger partial charge in [-0.1, -0.05) is 178 Å². The van der Waals surface area contributed by atoms with Crippen molar-refractivity contribution in [1.82, 2.24) is 9.38 Å². The summed E-state index contributed by atoms with van der Waals surface area (Å²) in [5.41, 5.74) is 18.3. The van der Waals surface area contributed by atoms with Gasteiger partial charge in [0.1, 0.15) is 0 Å². The van der Waals surface area contributed by atoms with E-state index in [0.29, 0.717) is 0 Å². The lowest BCUT2D eigenvalue weighted by atomic mass is 9.81. The quantitative estimate of drug-likeness (QED) is 0.161. The summed E-state index contributed by atoms with van der Waals surface area (Å²) in [5, 5.41) is 9.94. The lowest BCUT2D eigenvalue weighted by molar-refractivity contribution is 0.660. The van der Waals surface area contributed by atoms with E-state index in [0.717, 1.165) is 27.9 Å². The molecule has 0 spiro atoms. The van der Waals surface area contributed by atoms with E-state index in [9.17, 15) is 0 Å². The second-order valence-electron chi connectivity index (χ2n) is 18.3. The molecule has 3 heterocycles. The summed E-state index contributed by atoms with van der Waals surface area (Å²) in [6, 6.07) is 76.7. The van der Waals surface area contributed by atoms with Gasteiger partial charge < -0.3 is 0 Å². The third kappa shape index (κ3) is 5.43. The summed E-state index contributed by atoms with van der Waals surface area (Å²) in [5.74, 6) is 0. The zero-order chi connectivity index (χ0) is 43.0. The lowest BCUT2D eigenvalue weighted by Gasteiger charge is -2.22. The molecular weight excluding hydrogens is 805 g/mol. The number of rotatable bonds is 4.